The fraction of sp³-hybridized carbons (Fsp3) is 0.391. The Hall–Kier alpha value is -3.04. The Labute approximate surface area is 190 Å². The third kappa shape index (κ3) is 3.82. The van der Waals surface area contributed by atoms with Gasteiger partial charge < -0.3 is 15.0 Å². The van der Waals surface area contributed by atoms with Gasteiger partial charge in [0.1, 0.15) is 0 Å². The first-order valence-electron chi connectivity index (χ1n) is 10.7. The van der Waals surface area contributed by atoms with Crippen LogP contribution < -0.4 is 10.2 Å². The summed E-state index contributed by atoms with van der Waals surface area (Å²) in [7, 11) is 0. The Morgan fingerprint density at radius 1 is 1.28 bits per heavy atom. The smallest absolute Gasteiger partial charge is 0.216 e. The van der Waals surface area contributed by atoms with Crippen LogP contribution in [0.2, 0.25) is 0 Å². The molecule has 4 aromatic rings. The predicted molar refractivity (Wildman–Crippen MR) is 127 cm³/mol. The molecule has 0 aliphatic carbocycles. The van der Waals surface area contributed by atoms with Gasteiger partial charge in [-0.2, -0.15) is 5.10 Å². The van der Waals surface area contributed by atoms with Gasteiger partial charge in [0.2, 0.25) is 5.91 Å². The first kappa shape index (κ1) is 20.8. The van der Waals surface area contributed by atoms with E-state index in [2.05, 4.69) is 40.3 Å². The van der Waals surface area contributed by atoms with Crippen molar-refractivity contribution in [3.8, 4) is 11.4 Å². The Morgan fingerprint density at radius 2 is 2.09 bits per heavy atom. The minimum absolute atomic E-state index is 0.0246. The van der Waals surface area contributed by atoms with E-state index in [9.17, 15) is 4.79 Å². The molecule has 0 spiro atoms. The molecule has 4 heterocycles. The van der Waals surface area contributed by atoms with E-state index < -0.39 is 0 Å². The number of hydrogen-bond acceptors (Lipinski definition) is 7. The molecule has 1 aromatic carbocycles. The number of aromatic nitrogens is 4. The van der Waals surface area contributed by atoms with Crippen molar-refractivity contribution >= 4 is 44.2 Å². The largest absolute Gasteiger partial charge is 0.378 e. The first-order chi connectivity index (χ1) is 15.4. The molecule has 166 valence electrons. The zero-order chi connectivity index (χ0) is 22.3. The number of fused-ring (bicyclic) bond motifs is 2. The van der Waals surface area contributed by atoms with Gasteiger partial charge in [0.15, 0.2) is 11.6 Å². The number of aromatic amines is 1. The fourth-order valence-electron chi connectivity index (χ4n) is 3.95. The SMILES string of the molecule is CC(=O)NCC(C)(C)c1cc2nc(-c3cccc4[nH]ncc34)nc(N3CCOCC3)c2s1. The maximum atomic E-state index is 11.5. The van der Waals surface area contributed by atoms with Crippen molar-refractivity contribution < 1.29 is 9.53 Å². The summed E-state index contributed by atoms with van der Waals surface area (Å²) in [4.78, 5) is 25.0. The average molecular weight is 451 g/mol. The van der Waals surface area contributed by atoms with Crippen LogP contribution >= 0.6 is 11.3 Å². The molecule has 0 saturated carbocycles. The molecule has 1 aliphatic heterocycles. The summed E-state index contributed by atoms with van der Waals surface area (Å²) in [6, 6.07) is 8.18. The molecule has 32 heavy (non-hydrogen) atoms. The molecule has 0 atom stereocenters. The Bertz CT molecular complexity index is 1290. The van der Waals surface area contributed by atoms with Gasteiger partial charge in [-0.25, -0.2) is 9.97 Å². The van der Waals surface area contributed by atoms with E-state index >= 15 is 0 Å². The van der Waals surface area contributed by atoms with Gasteiger partial charge in [0.05, 0.1) is 35.1 Å². The number of nitrogens with one attached hydrogen (secondary N) is 2. The number of amides is 1. The molecular formula is C23H26N6O2S. The third-order valence-electron chi connectivity index (χ3n) is 5.84. The summed E-state index contributed by atoms with van der Waals surface area (Å²) in [5.74, 6) is 1.61. The summed E-state index contributed by atoms with van der Waals surface area (Å²) < 4.78 is 6.65. The number of H-pyrrole nitrogens is 1. The second-order valence-electron chi connectivity index (χ2n) is 8.73. The molecule has 0 unspecified atom stereocenters. The van der Waals surface area contributed by atoms with Crippen LogP contribution in [0.4, 0.5) is 5.82 Å². The molecular weight excluding hydrogens is 424 g/mol. The van der Waals surface area contributed by atoms with Gasteiger partial charge in [0, 0.05) is 47.8 Å². The van der Waals surface area contributed by atoms with Crippen LogP contribution in [0.1, 0.15) is 25.6 Å². The Morgan fingerprint density at radius 3 is 2.88 bits per heavy atom. The molecule has 8 nitrogen and oxygen atoms in total. The number of hydrogen-bond donors (Lipinski definition) is 2. The topological polar surface area (TPSA) is 96.0 Å². The molecule has 1 saturated heterocycles. The number of carbonyl (C=O) groups is 1. The molecule has 5 rings (SSSR count). The lowest BCUT2D eigenvalue weighted by Gasteiger charge is -2.28. The van der Waals surface area contributed by atoms with Crippen LogP contribution in [-0.4, -0.2) is 58.9 Å². The van der Waals surface area contributed by atoms with E-state index in [1.54, 1.807) is 18.3 Å². The van der Waals surface area contributed by atoms with Crippen LogP contribution in [0, 0.1) is 0 Å². The van der Waals surface area contributed by atoms with Gasteiger partial charge in [0.25, 0.3) is 0 Å². The summed E-state index contributed by atoms with van der Waals surface area (Å²) in [6.07, 6.45) is 1.82. The highest BCUT2D eigenvalue weighted by atomic mass is 32.1. The highest BCUT2D eigenvalue weighted by Gasteiger charge is 2.27. The van der Waals surface area contributed by atoms with E-state index in [0.29, 0.717) is 25.6 Å². The molecule has 2 N–H and O–H groups in total. The van der Waals surface area contributed by atoms with Crippen LogP contribution in [0.5, 0.6) is 0 Å². The van der Waals surface area contributed by atoms with Crippen molar-refractivity contribution in [3.63, 3.8) is 0 Å². The van der Waals surface area contributed by atoms with Crippen molar-refractivity contribution in [3.05, 3.63) is 35.3 Å². The van der Waals surface area contributed by atoms with Crippen LogP contribution in [0.25, 0.3) is 32.5 Å². The standard InChI is InChI=1S/C23H26N6O2S/c1-14(30)24-13-23(2,3)19-11-18-20(32-19)22(29-7-9-31-10-8-29)27-21(26-18)15-5-4-6-17-16(15)12-25-28-17/h4-6,11-12H,7-10,13H2,1-3H3,(H,24,30)(H,25,28). The van der Waals surface area contributed by atoms with Crippen molar-refractivity contribution in [2.24, 2.45) is 0 Å². The number of benzene rings is 1. The summed E-state index contributed by atoms with van der Waals surface area (Å²) in [5, 5.41) is 11.2. The highest BCUT2D eigenvalue weighted by molar-refractivity contribution is 7.19. The number of morpholine rings is 1. The number of rotatable bonds is 5. The quantitative estimate of drug-likeness (QED) is 0.483. The normalized spacial score (nSPS) is 14.9. The lowest BCUT2D eigenvalue weighted by Crippen LogP contribution is -2.36. The Balaban J connectivity index is 1.66. The zero-order valence-corrected chi connectivity index (χ0v) is 19.3. The second-order valence-corrected chi connectivity index (χ2v) is 9.78. The van der Waals surface area contributed by atoms with Crippen LogP contribution in [0.3, 0.4) is 0 Å². The van der Waals surface area contributed by atoms with Crippen LogP contribution in [0.15, 0.2) is 30.5 Å². The highest BCUT2D eigenvalue weighted by Crippen LogP contribution is 2.39. The average Bonchev–Trinajstić information content (AvgIpc) is 3.45. The monoisotopic (exact) mass is 450 g/mol. The van der Waals surface area contributed by atoms with Gasteiger partial charge in [-0.3, -0.25) is 9.89 Å². The number of thiophene rings is 1. The second kappa shape index (κ2) is 8.14. The molecule has 9 heteroatoms. The Kier molecular flexibility index (Phi) is 5.30. The van der Waals surface area contributed by atoms with Gasteiger partial charge >= 0.3 is 0 Å². The van der Waals surface area contributed by atoms with Crippen molar-refractivity contribution in [1.82, 2.24) is 25.5 Å². The lowest BCUT2D eigenvalue weighted by molar-refractivity contribution is -0.119. The third-order valence-corrected chi connectivity index (χ3v) is 7.32. The maximum Gasteiger partial charge on any atom is 0.216 e. The van der Waals surface area contributed by atoms with E-state index in [0.717, 1.165) is 45.6 Å². The van der Waals surface area contributed by atoms with Gasteiger partial charge in [-0.05, 0) is 12.1 Å². The van der Waals surface area contributed by atoms with Gasteiger partial charge in [-0.15, -0.1) is 11.3 Å². The molecule has 1 fully saturated rings. The summed E-state index contributed by atoms with van der Waals surface area (Å²) >= 11 is 1.71. The molecule has 1 amide bonds. The van der Waals surface area contributed by atoms with E-state index in [-0.39, 0.29) is 11.3 Å². The van der Waals surface area contributed by atoms with Gasteiger partial charge in [-0.1, -0.05) is 26.0 Å². The predicted octanol–water partition coefficient (Wildman–Crippen LogP) is 3.48. The summed E-state index contributed by atoms with van der Waals surface area (Å²) in [6.45, 7) is 9.36. The zero-order valence-electron chi connectivity index (χ0n) is 18.4. The van der Waals surface area contributed by atoms with Crippen LogP contribution in [-0.2, 0) is 14.9 Å². The van der Waals surface area contributed by atoms with Crippen molar-refractivity contribution in [2.45, 2.75) is 26.2 Å². The molecule has 3 aromatic heterocycles. The minimum atomic E-state index is -0.218. The maximum absolute atomic E-state index is 11.5. The number of anilines is 1. The summed E-state index contributed by atoms with van der Waals surface area (Å²) in [5.41, 5.74) is 2.62. The molecule has 0 bridgehead atoms. The molecule has 1 aliphatic rings. The van der Waals surface area contributed by atoms with E-state index in [1.807, 2.05) is 24.4 Å². The van der Waals surface area contributed by atoms with E-state index in [4.69, 9.17) is 14.7 Å². The lowest BCUT2D eigenvalue weighted by atomic mass is 9.91. The number of ether oxygens (including phenoxy) is 1. The number of carbonyl (C=O) groups excluding carboxylic acids is 1. The molecule has 0 radical (unpaired) electrons. The fourth-order valence-corrected chi connectivity index (χ4v) is 5.17. The minimum Gasteiger partial charge on any atom is -0.378 e. The van der Waals surface area contributed by atoms with Crippen molar-refractivity contribution in [1.29, 1.82) is 0 Å². The van der Waals surface area contributed by atoms with Crippen molar-refractivity contribution in [2.75, 3.05) is 37.7 Å². The van der Waals surface area contributed by atoms with E-state index in [1.165, 1.54) is 4.88 Å². The first-order valence-corrected chi connectivity index (χ1v) is 11.6. The number of nitrogens with zero attached hydrogens (tertiary/aromatic N) is 4.